The van der Waals surface area contributed by atoms with E-state index in [9.17, 15) is 14.3 Å². The van der Waals surface area contributed by atoms with E-state index in [4.69, 9.17) is 0 Å². The normalized spacial score (nSPS) is 12.9. The molecule has 0 saturated carbocycles. The van der Waals surface area contributed by atoms with Gasteiger partial charge in [0.05, 0.1) is 25.9 Å². The van der Waals surface area contributed by atoms with E-state index >= 15 is 0 Å². The van der Waals surface area contributed by atoms with Gasteiger partial charge in [0, 0.05) is 18.4 Å². The van der Waals surface area contributed by atoms with Gasteiger partial charge in [0.25, 0.3) is 5.69 Å². The predicted octanol–water partition coefficient (Wildman–Crippen LogP) is 1.94. The van der Waals surface area contributed by atoms with Crippen LogP contribution in [-0.4, -0.2) is 20.4 Å². The van der Waals surface area contributed by atoms with Gasteiger partial charge < -0.3 is 0 Å². The SMILES string of the molecule is C[S@](=O)c1nc2ccc([N+](=O)[O-])cc2s1. The van der Waals surface area contributed by atoms with Gasteiger partial charge in [0.15, 0.2) is 4.34 Å². The summed E-state index contributed by atoms with van der Waals surface area (Å²) < 4.78 is 12.3. The molecule has 7 heteroatoms. The first-order chi connectivity index (χ1) is 7.08. The molecule has 1 aromatic heterocycles. The minimum absolute atomic E-state index is 0.0274. The summed E-state index contributed by atoms with van der Waals surface area (Å²) in [6, 6.07) is 4.41. The first-order valence-electron chi connectivity index (χ1n) is 3.96. The van der Waals surface area contributed by atoms with Gasteiger partial charge in [-0.05, 0) is 6.07 Å². The highest BCUT2D eigenvalue weighted by Gasteiger charge is 2.11. The van der Waals surface area contributed by atoms with Crippen LogP contribution in [0.1, 0.15) is 0 Å². The van der Waals surface area contributed by atoms with E-state index in [1.807, 2.05) is 0 Å². The largest absolute Gasteiger partial charge is 0.270 e. The minimum atomic E-state index is -1.14. The van der Waals surface area contributed by atoms with E-state index in [0.717, 1.165) is 0 Å². The van der Waals surface area contributed by atoms with E-state index in [1.165, 1.54) is 29.7 Å². The molecule has 2 aromatic rings. The van der Waals surface area contributed by atoms with E-state index in [1.54, 1.807) is 6.07 Å². The smallest absolute Gasteiger partial charge is 0.258 e. The highest BCUT2D eigenvalue weighted by molar-refractivity contribution is 7.86. The van der Waals surface area contributed by atoms with Gasteiger partial charge in [0.2, 0.25) is 0 Å². The number of nitro benzene ring substituents is 1. The molecule has 0 N–H and O–H groups in total. The van der Waals surface area contributed by atoms with Crippen molar-refractivity contribution < 1.29 is 9.13 Å². The summed E-state index contributed by atoms with van der Waals surface area (Å²) in [6.45, 7) is 0. The van der Waals surface area contributed by atoms with Crippen molar-refractivity contribution in [2.24, 2.45) is 0 Å². The molecule has 0 aliphatic carbocycles. The van der Waals surface area contributed by atoms with Crippen molar-refractivity contribution in [1.82, 2.24) is 4.98 Å². The first-order valence-corrected chi connectivity index (χ1v) is 6.34. The van der Waals surface area contributed by atoms with Crippen LogP contribution in [0.25, 0.3) is 10.2 Å². The minimum Gasteiger partial charge on any atom is -0.258 e. The standard InChI is InChI=1S/C8H6N2O3S2/c1-15(13)8-9-6-3-2-5(10(11)12)4-7(6)14-8/h2-4H,1H3/t15-/m0/s1. The van der Waals surface area contributed by atoms with E-state index in [0.29, 0.717) is 14.6 Å². The lowest BCUT2D eigenvalue weighted by atomic mass is 10.3. The second-order valence-corrected chi connectivity index (χ2v) is 5.43. The van der Waals surface area contributed by atoms with Crippen LogP contribution in [0.2, 0.25) is 0 Å². The quantitative estimate of drug-likeness (QED) is 0.596. The van der Waals surface area contributed by atoms with E-state index in [2.05, 4.69) is 4.98 Å². The summed E-state index contributed by atoms with van der Waals surface area (Å²) in [7, 11) is -1.14. The molecule has 0 spiro atoms. The van der Waals surface area contributed by atoms with Crippen LogP contribution in [0.15, 0.2) is 22.5 Å². The molecular weight excluding hydrogens is 236 g/mol. The van der Waals surface area contributed by atoms with Crippen LogP contribution in [0.3, 0.4) is 0 Å². The van der Waals surface area contributed by atoms with Crippen molar-refractivity contribution in [2.75, 3.05) is 6.26 Å². The molecule has 0 unspecified atom stereocenters. The zero-order valence-corrected chi connectivity index (χ0v) is 9.30. The lowest BCUT2D eigenvalue weighted by Gasteiger charge is -1.88. The first kappa shape index (κ1) is 10.2. The van der Waals surface area contributed by atoms with E-state index < -0.39 is 15.7 Å². The number of hydrogen-bond acceptors (Lipinski definition) is 5. The Hall–Kier alpha value is -1.34. The van der Waals surface area contributed by atoms with Gasteiger partial charge in [0.1, 0.15) is 0 Å². The lowest BCUT2D eigenvalue weighted by molar-refractivity contribution is -0.384. The van der Waals surface area contributed by atoms with Crippen LogP contribution < -0.4 is 0 Å². The van der Waals surface area contributed by atoms with Crippen LogP contribution in [0.5, 0.6) is 0 Å². The average molecular weight is 242 g/mol. The molecule has 78 valence electrons. The van der Waals surface area contributed by atoms with Crippen LogP contribution in [0, 0.1) is 10.1 Å². The van der Waals surface area contributed by atoms with Crippen molar-refractivity contribution in [3.05, 3.63) is 28.3 Å². The Labute approximate surface area is 91.4 Å². The molecule has 0 aliphatic heterocycles. The van der Waals surface area contributed by atoms with Gasteiger partial charge >= 0.3 is 0 Å². The molecule has 5 nitrogen and oxygen atoms in total. The summed E-state index contributed by atoms with van der Waals surface area (Å²) in [5, 5.41) is 10.5. The Kier molecular flexibility index (Phi) is 2.49. The maximum Gasteiger partial charge on any atom is 0.270 e. The van der Waals surface area contributed by atoms with Crippen molar-refractivity contribution in [1.29, 1.82) is 0 Å². The van der Waals surface area contributed by atoms with Crippen LogP contribution >= 0.6 is 11.3 Å². The number of fused-ring (bicyclic) bond motifs is 1. The van der Waals surface area contributed by atoms with Crippen LogP contribution in [0.4, 0.5) is 5.69 Å². The van der Waals surface area contributed by atoms with Crippen molar-refractivity contribution in [3.63, 3.8) is 0 Å². The third kappa shape index (κ3) is 1.88. The zero-order chi connectivity index (χ0) is 11.0. The number of aromatic nitrogens is 1. The number of hydrogen-bond donors (Lipinski definition) is 0. The molecule has 1 aromatic carbocycles. The number of benzene rings is 1. The van der Waals surface area contributed by atoms with Crippen molar-refractivity contribution in [3.8, 4) is 0 Å². The Morgan fingerprint density at radius 3 is 2.87 bits per heavy atom. The Morgan fingerprint density at radius 2 is 2.27 bits per heavy atom. The molecule has 0 radical (unpaired) electrons. The number of rotatable bonds is 2. The fourth-order valence-corrected chi connectivity index (χ4v) is 2.82. The Balaban J connectivity index is 2.62. The molecule has 0 aliphatic rings. The average Bonchev–Trinajstić information content (AvgIpc) is 2.59. The van der Waals surface area contributed by atoms with Crippen LogP contribution in [-0.2, 0) is 10.8 Å². The topological polar surface area (TPSA) is 73.1 Å². The van der Waals surface area contributed by atoms with Gasteiger partial charge in [-0.2, -0.15) is 0 Å². The second-order valence-electron chi connectivity index (χ2n) is 2.84. The third-order valence-corrected chi connectivity index (χ3v) is 4.16. The number of nitrogens with zero attached hydrogens (tertiary/aromatic N) is 2. The summed E-state index contributed by atoms with van der Waals surface area (Å²) in [5.41, 5.74) is 0.676. The summed E-state index contributed by atoms with van der Waals surface area (Å²) in [6.07, 6.45) is 1.53. The fourth-order valence-electron chi connectivity index (χ4n) is 1.13. The summed E-state index contributed by atoms with van der Waals surface area (Å²) >= 11 is 1.22. The molecule has 1 heterocycles. The highest BCUT2D eigenvalue weighted by Crippen LogP contribution is 2.27. The number of thiazole rings is 1. The molecule has 0 fully saturated rings. The number of nitro groups is 1. The van der Waals surface area contributed by atoms with Gasteiger partial charge in [-0.3, -0.25) is 14.3 Å². The molecule has 0 amide bonds. The summed E-state index contributed by atoms with van der Waals surface area (Å²) in [4.78, 5) is 14.2. The molecule has 0 saturated heterocycles. The molecular formula is C8H6N2O3S2. The Bertz CT molecular complexity index is 552. The molecule has 0 bridgehead atoms. The second kappa shape index (κ2) is 3.67. The summed E-state index contributed by atoms with van der Waals surface area (Å²) in [5.74, 6) is 0. The fraction of sp³-hybridized carbons (Fsp3) is 0.125. The van der Waals surface area contributed by atoms with Crippen molar-refractivity contribution >= 4 is 38.0 Å². The molecule has 2 rings (SSSR count). The monoisotopic (exact) mass is 242 g/mol. The maximum atomic E-state index is 11.2. The lowest BCUT2D eigenvalue weighted by Crippen LogP contribution is -1.86. The van der Waals surface area contributed by atoms with Crippen molar-refractivity contribution in [2.45, 2.75) is 4.34 Å². The molecule has 15 heavy (non-hydrogen) atoms. The maximum absolute atomic E-state index is 11.2. The van der Waals surface area contributed by atoms with E-state index in [-0.39, 0.29) is 5.69 Å². The van der Waals surface area contributed by atoms with Gasteiger partial charge in [-0.25, -0.2) is 4.98 Å². The number of non-ortho nitro benzene ring substituents is 1. The Morgan fingerprint density at radius 1 is 1.53 bits per heavy atom. The molecule has 1 atom stereocenters. The highest BCUT2D eigenvalue weighted by atomic mass is 32.2. The third-order valence-electron chi connectivity index (χ3n) is 1.81. The van der Waals surface area contributed by atoms with Gasteiger partial charge in [-0.1, -0.05) is 0 Å². The predicted molar refractivity (Wildman–Crippen MR) is 58.6 cm³/mol. The van der Waals surface area contributed by atoms with Gasteiger partial charge in [-0.15, -0.1) is 11.3 Å². The zero-order valence-electron chi connectivity index (χ0n) is 7.67.